The number of nitrogens with zero attached hydrogens (tertiary/aromatic N) is 5. The summed E-state index contributed by atoms with van der Waals surface area (Å²) in [5, 5.41) is 10.8. The van der Waals surface area contributed by atoms with Crippen molar-refractivity contribution in [3.05, 3.63) is 29.5 Å². The number of hydrogen-bond donors (Lipinski definition) is 1. The SMILES string of the molecule is OCCn1c(Sc2nc3cccc(Cl)c3s2)nc2c([AsH2])ncnc21. The van der Waals surface area contributed by atoms with E-state index in [9.17, 15) is 5.11 Å². The molecule has 4 aromatic rings. The van der Waals surface area contributed by atoms with Gasteiger partial charge in [0.15, 0.2) is 0 Å². The molecule has 0 aliphatic carbocycles. The molecule has 4 rings (SSSR count). The van der Waals surface area contributed by atoms with Crippen molar-refractivity contribution in [2.24, 2.45) is 0 Å². The van der Waals surface area contributed by atoms with Crippen molar-refractivity contribution < 1.29 is 5.11 Å². The van der Waals surface area contributed by atoms with Gasteiger partial charge in [-0.3, -0.25) is 0 Å². The summed E-state index contributed by atoms with van der Waals surface area (Å²) >= 11 is 10.6. The third kappa shape index (κ3) is 2.82. The van der Waals surface area contributed by atoms with Gasteiger partial charge in [-0.05, 0) is 0 Å². The molecule has 0 bridgehead atoms. The monoisotopic (exact) mass is 439 g/mol. The summed E-state index contributed by atoms with van der Waals surface area (Å²) < 4.78 is 4.59. The van der Waals surface area contributed by atoms with E-state index in [1.54, 1.807) is 0 Å². The van der Waals surface area contributed by atoms with E-state index in [1.807, 2.05) is 22.8 Å². The van der Waals surface area contributed by atoms with Crippen LogP contribution in [0, 0.1) is 0 Å². The summed E-state index contributed by atoms with van der Waals surface area (Å²) in [6.07, 6.45) is 1.53. The molecule has 0 radical (unpaired) electrons. The average Bonchev–Trinajstić information content (AvgIpc) is 3.12. The van der Waals surface area contributed by atoms with Crippen LogP contribution in [0.2, 0.25) is 5.02 Å². The Kier molecular flexibility index (Phi) is 4.49. The van der Waals surface area contributed by atoms with Gasteiger partial charge in [0.25, 0.3) is 0 Å². The van der Waals surface area contributed by atoms with Crippen LogP contribution >= 0.6 is 34.7 Å². The number of aliphatic hydroxyl groups excluding tert-OH is 1. The fourth-order valence-electron chi connectivity index (χ4n) is 2.33. The third-order valence-electron chi connectivity index (χ3n) is 3.37. The number of halogens is 1. The standard InChI is InChI=1S/C14H11AsClN5OS2/c15-11-9-12(18-6-17-11)21(4-5-22)13(20-9)24-14-19-8-3-1-2-7(16)10(8)23-14/h1-3,6,22H,4-5,15H2. The van der Waals surface area contributed by atoms with E-state index < -0.39 is 0 Å². The van der Waals surface area contributed by atoms with Gasteiger partial charge in [0.1, 0.15) is 0 Å². The van der Waals surface area contributed by atoms with Gasteiger partial charge in [-0.1, -0.05) is 0 Å². The number of imidazole rings is 1. The number of fused-ring (bicyclic) bond motifs is 2. The number of aliphatic hydroxyl groups is 1. The first-order chi connectivity index (χ1) is 11.7. The number of rotatable bonds is 4. The number of thiazole rings is 1. The second kappa shape index (κ2) is 6.61. The number of benzene rings is 1. The van der Waals surface area contributed by atoms with Gasteiger partial charge >= 0.3 is 159 Å². The molecule has 122 valence electrons. The molecule has 0 amide bonds. The summed E-state index contributed by atoms with van der Waals surface area (Å²) in [6.45, 7) is 0.437. The Morgan fingerprint density at radius 2 is 2.17 bits per heavy atom. The Hall–Kier alpha value is -1.18. The van der Waals surface area contributed by atoms with E-state index in [2.05, 4.69) is 19.9 Å². The minimum atomic E-state index is 0.0128. The van der Waals surface area contributed by atoms with Crippen LogP contribution in [-0.2, 0) is 6.54 Å². The van der Waals surface area contributed by atoms with Gasteiger partial charge < -0.3 is 0 Å². The second-order valence-corrected chi connectivity index (χ2v) is 8.64. The molecule has 0 fully saturated rings. The molecule has 0 aliphatic heterocycles. The number of aromatic nitrogens is 5. The Morgan fingerprint density at radius 1 is 1.29 bits per heavy atom. The topological polar surface area (TPSA) is 76.7 Å². The molecule has 0 aliphatic rings. The molecule has 24 heavy (non-hydrogen) atoms. The molecular weight excluding hydrogens is 429 g/mol. The zero-order valence-electron chi connectivity index (χ0n) is 12.2. The molecule has 1 aromatic carbocycles. The molecule has 10 heteroatoms. The first-order valence-electron chi connectivity index (χ1n) is 6.98. The van der Waals surface area contributed by atoms with Crippen LogP contribution in [0.1, 0.15) is 0 Å². The van der Waals surface area contributed by atoms with Crippen LogP contribution in [0.4, 0.5) is 0 Å². The Labute approximate surface area is 158 Å². The predicted octanol–water partition coefficient (Wildman–Crippen LogP) is 1.49. The van der Waals surface area contributed by atoms with Crippen molar-refractivity contribution in [2.75, 3.05) is 6.61 Å². The van der Waals surface area contributed by atoms with Crippen molar-refractivity contribution >= 4 is 77.4 Å². The molecule has 1 unspecified atom stereocenters. The van der Waals surface area contributed by atoms with Crippen LogP contribution < -0.4 is 4.48 Å². The minimum absolute atomic E-state index is 0.0128. The van der Waals surface area contributed by atoms with Crippen molar-refractivity contribution in [3.8, 4) is 0 Å². The van der Waals surface area contributed by atoms with Crippen LogP contribution in [-0.4, -0.2) is 53.1 Å². The van der Waals surface area contributed by atoms with Crippen molar-refractivity contribution in [2.45, 2.75) is 16.0 Å². The molecule has 0 saturated heterocycles. The van der Waals surface area contributed by atoms with Gasteiger partial charge in [-0.15, -0.1) is 0 Å². The first-order valence-corrected chi connectivity index (χ1v) is 10.2. The van der Waals surface area contributed by atoms with Gasteiger partial charge in [0.05, 0.1) is 0 Å². The summed E-state index contributed by atoms with van der Waals surface area (Å²) in [4.78, 5) is 17.8. The molecule has 0 spiro atoms. The second-order valence-electron chi connectivity index (χ2n) is 4.87. The normalized spacial score (nSPS) is 11.6. The van der Waals surface area contributed by atoms with Gasteiger partial charge in [-0.25, -0.2) is 0 Å². The average molecular weight is 440 g/mol. The fourth-order valence-corrected chi connectivity index (χ4v) is 5.23. The van der Waals surface area contributed by atoms with Crippen LogP contribution in [0.3, 0.4) is 0 Å². The summed E-state index contributed by atoms with van der Waals surface area (Å²) in [6, 6.07) is 5.69. The molecule has 6 nitrogen and oxygen atoms in total. The molecular formula is C14H11AsClN5OS2. The fraction of sp³-hybridized carbons (Fsp3) is 0.143. The van der Waals surface area contributed by atoms with Crippen molar-refractivity contribution in [3.63, 3.8) is 0 Å². The predicted molar refractivity (Wildman–Crippen MR) is 99.3 cm³/mol. The first kappa shape index (κ1) is 16.3. The van der Waals surface area contributed by atoms with Crippen LogP contribution in [0.5, 0.6) is 0 Å². The van der Waals surface area contributed by atoms with E-state index in [0.29, 0.717) is 11.6 Å². The van der Waals surface area contributed by atoms with Gasteiger partial charge in [0, 0.05) is 0 Å². The third-order valence-corrected chi connectivity index (χ3v) is 6.85. The van der Waals surface area contributed by atoms with E-state index in [0.717, 1.165) is 35.4 Å². The van der Waals surface area contributed by atoms with Crippen LogP contribution in [0.15, 0.2) is 34.0 Å². The van der Waals surface area contributed by atoms with Crippen molar-refractivity contribution in [1.82, 2.24) is 24.5 Å². The maximum atomic E-state index is 9.38. The molecule has 3 aromatic heterocycles. The molecule has 1 N–H and O–H groups in total. The van der Waals surface area contributed by atoms with Crippen LogP contribution in [0.25, 0.3) is 21.4 Å². The summed E-state index contributed by atoms with van der Waals surface area (Å²) in [5.74, 6) is 0. The van der Waals surface area contributed by atoms with Crippen molar-refractivity contribution in [1.29, 1.82) is 0 Å². The Balaban J connectivity index is 1.81. The van der Waals surface area contributed by atoms with E-state index in [1.165, 1.54) is 46.3 Å². The van der Waals surface area contributed by atoms with Gasteiger partial charge in [-0.2, -0.15) is 0 Å². The van der Waals surface area contributed by atoms with Gasteiger partial charge in [0.2, 0.25) is 0 Å². The molecule has 0 saturated carbocycles. The zero-order chi connectivity index (χ0) is 16.7. The number of hydrogen-bond acceptors (Lipinski definition) is 7. The molecule has 1 atom stereocenters. The van der Waals surface area contributed by atoms with E-state index in [-0.39, 0.29) is 6.61 Å². The van der Waals surface area contributed by atoms with E-state index in [4.69, 9.17) is 11.6 Å². The Morgan fingerprint density at radius 3 is 2.96 bits per heavy atom. The quantitative estimate of drug-likeness (QED) is 0.486. The molecule has 3 heterocycles. The summed E-state index contributed by atoms with van der Waals surface area (Å²) in [5.41, 5.74) is 2.38. The zero-order valence-corrected chi connectivity index (χ0v) is 17.0. The maximum absolute atomic E-state index is 9.38. The Bertz CT molecular complexity index is 1050. The summed E-state index contributed by atoms with van der Waals surface area (Å²) in [7, 11) is 0. The van der Waals surface area contributed by atoms with E-state index >= 15 is 0 Å².